The highest BCUT2D eigenvalue weighted by molar-refractivity contribution is 5.78. The van der Waals surface area contributed by atoms with Crippen LogP contribution in [0.4, 0.5) is 0 Å². The third-order valence-electron chi connectivity index (χ3n) is 4.22. The highest BCUT2D eigenvalue weighted by Gasteiger charge is 2.25. The quantitative estimate of drug-likeness (QED) is 0.899. The predicted octanol–water partition coefficient (Wildman–Crippen LogP) is 1.22. The number of piperidine rings is 1. The number of hydrogen-bond acceptors (Lipinski definition) is 2. The normalized spacial score (nSPS) is 16.4. The standard InChI is InChI=1S/C15H23N3O2/c1-11-3-4-12(2)18(11)10-7-14(19)17-8-5-13(6-9-17)15(16)20/h3-4,13H,5-10H2,1-2H3,(H2,16,20). The van der Waals surface area contributed by atoms with Crippen molar-refractivity contribution in [2.45, 2.75) is 39.7 Å². The molecule has 2 rings (SSSR count). The minimum Gasteiger partial charge on any atom is -0.369 e. The van der Waals surface area contributed by atoms with Gasteiger partial charge in [0.25, 0.3) is 0 Å². The fourth-order valence-electron chi connectivity index (χ4n) is 2.83. The van der Waals surface area contributed by atoms with Crippen molar-refractivity contribution >= 4 is 11.8 Å². The van der Waals surface area contributed by atoms with E-state index in [-0.39, 0.29) is 17.7 Å². The summed E-state index contributed by atoms with van der Waals surface area (Å²) in [4.78, 5) is 25.1. The van der Waals surface area contributed by atoms with Gasteiger partial charge in [-0.15, -0.1) is 0 Å². The fourth-order valence-corrected chi connectivity index (χ4v) is 2.83. The zero-order valence-electron chi connectivity index (χ0n) is 12.3. The van der Waals surface area contributed by atoms with Crippen molar-refractivity contribution in [3.8, 4) is 0 Å². The Balaban J connectivity index is 1.83. The van der Waals surface area contributed by atoms with Gasteiger partial charge < -0.3 is 15.2 Å². The highest BCUT2D eigenvalue weighted by atomic mass is 16.2. The van der Waals surface area contributed by atoms with Gasteiger partial charge >= 0.3 is 0 Å². The van der Waals surface area contributed by atoms with Crippen LogP contribution in [0.3, 0.4) is 0 Å². The summed E-state index contributed by atoms with van der Waals surface area (Å²) in [6.45, 7) is 6.12. The first kappa shape index (κ1) is 14.6. The smallest absolute Gasteiger partial charge is 0.224 e. The Morgan fingerprint density at radius 1 is 1.20 bits per heavy atom. The van der Waals surface area contributed by atoms with E-state index in [1.165, 1.54) is 11.4 Å². The second-order valence-electron chi connectivity index (χ2n) is 5.58. The third kappa shape index (κ3) is 3.21. The number of amides is 2. The fraction of sp³-hybridized carbons (Fsp3) is 0.600. The van der Waals surface area contributed by atoms with Gasteiger partial charge in [0.2, 0.25) is 11.8 Å². The van der Waals surface area contributed by atoms with Gasteiger partial charge in [0.05, 0.1) is 0 Å². The zero-order chi connectivity index (χ0) is 14.7. The topological polar surface area (TPSA) is 68.3 Å². The summed E-state index contributed by atoms with van der Waals surface area (Å²) in [5.41, 5.74) is 7.67. The summed E-state index contributed by atoms with van der Waals surface area (Å²) in [6.07, 6.45) is 1.91. The van der Waals surface area contributed by atoms with Crippen LogP contribution in [0.15, 0.2) is 12.1 Å². The summed E-state index contributed by atoms with van der Waals surface area (Å²) >= 11 is 0. The van der Waals surface area contributed by atoms with Crippen LogP contribution < -0.4 is 5.73 Å². The number of likely N-dealkylation sites (tertiary alicyclic amines) is 1. The third-order valence-corrected chi connectivity index (χ3v) is 4.22. The second-order valence-corrected chi connectivity index (χ2v) is 5.58. The van der Waals surface area contributed by atoms with Crippen molar-refractivity contribution < 1.29 is 9.59 Å². The molecule has 0 radical (unpaired) electrons. The number of aromatic nitrogens is 1. The molecule has 0 atom stereocenters. The lowest BCUT2D eigenvalue weighted by molar-refractivity contribution is -0.135. The Morgan fingerprint density at radius 2 is 1.75 bits per heavy atom. The van der Waals surface area contributed by atoms with E-state index in [0.717, 1.165) is 6.54 Å². The van der Waals surface area contributed by atoms with Gasteiger partial charge in [-0.05, 0) is 38.8 Å². The Bertz CT molecular complexity index is 480. The van der Waals surface area contributed by atoms with E-state index in [0.29, 0.717) is 32.4 Å². The van der Waals surface area contributed by atoms with Crippen molar-refractivity contribution in [2.24, 2.45) is 11.7 Å². The SMILES string of the molecule is Cc1ccc(C)n1CCC(=O)N1CCC(C(N)=O)CC1. The van der Waals surface area contributed by atoms with Crippen molar-refractivity contribution in [2.75, 3.05) is 13.1 Å². The molecule has 20 heavy (non-hydrogen) atoms. The molecule has 2 heterocycles. The average Bonchev–Trinajstić information content (AvgIpc) is 2.75. The van der Waals surface area contributed by atoms with Gasteiger partial charge in [0, 0.05) is 43.4 Å². The number of primary amides is 1. The largest absolute Gasteiger partial charge is 0.369 e. The molecule has 110 valence electrons. The first-order chi connectivity index (χ1) is 9.49. The Morgan fingerprint density at radius 3 is 2.25 bits per heavy atom. The summed E-state index contributed by atoms with van der Waals surface area (Å²) in [6, 6.07) is 4.14. The molecule has 0 bridgehead atoms. The molecule has 0 saturated carbocycles. The van der Waals surface area contributed by atoms with Crippen LogP contribution in [0.25, 0.3) is 0 Å². The highest BCUT2D eigenvalue weighted by Crippen LogP contribution is 2.17. The van der Waals surface area contributed by atoms with Crippen LogP contribution in [-0.2, 0) is 16.1 Å². The molecule has 1 aromatic rings. The van der Waals surface area contributed by atoms with E-state index in [1.54, 1.807) is 0 Å². The number of hydrogen-bond donors (Lipinski definition) is 1. The van der Waals surface area contributed by atoms with Crippen molar-refractivity contribution in [3.05, 3.63) is 23.5 Å². The monoisotopic (exact) mass is 277 g/mol. The molecule has 0 aliphatic carbocycles. The van der Waals surface area contributed by atoms with E-state index in [1.807, 2.05) is 4.90 Å². The van der Waals surface area contributed by atoms with Gasteiger partial charge in [-0.2, -0.15) is 0 Å². The molecule has 5 heteroatoms. The Kier molecular flexibility index (Phi) is 4.47. The molecule has 1 aromatic heterocycles. The van der Waals surface area contributed by atoms with Gasteiger partial charge in [-0.3, -0.25) is 9.59 Å². The van der Waals surface area contributed by atoms with Crippen molar-refractivity contribution in [1.29, 1.82) is 0 Å². The van der Waals surface area contributed by atoms with Gasteiger partial charge in [-0.1, -0.05) is 0 Å². The maximum Gasteiger partial charge on any atom is 0.224 e. The molecule has 1 saturated heterocycles. The molecule has 0 spiro atoms. The Labute approximate surface area is 119 Å². The van der Waals surface area contributed by atoms with Crippen LogP contribution in [0, 0.1) is 19.8 Å². The molecule has 1 aliphatic rings. The first-order valence-corrected chi connectivity index (χ1v) is 7.19. The van der Waals surface area contributed by atoms with Crippen LogP contribution in [0.1, 0.15) is 30.7 Å². The number of carbonyl (C=O) groups is 2. The number of nitrogens with two attached hydrogens (primary N) is 1. The summed E-state index contributed by atoms with van der Waals surface area (Å²) in [7, 11) is 0. The molecular weight excluding hydrogens is 254 g/mol. The molecule has 1 fully saturated rings. The maximum atomic E-state index is 12.2. The molecule has 5 nitrogen and oxygen atoms in total. The van der Waals surface area contributed by atoms with Crippen LogP contribution in [0.5, 0.6) is 0 Å². The number of rotatable bonds is 4. The molecule has 2 N–H and O–H groups in total. The van der Waals surface area contributed by atoms with E-state index >= 15 is 0 Å². The molecular formula is C15H23N3O2. The minimum atomic E-state index is -0.240. The second kappa shape index (κ2) is 6.11. The lowest BCUT2D eigenvalue weighted by Gasteiger charge is -2.30. The molecule has 1 aliphatic heterocycles. The summed E-state index contributed by atoms with van der Waals surface area (Å²) in [5, 5.41) is 0. The van der Waals surface area contributed by atoms with Crippen molar-refractivity contribution in [1.82, 2.24) is 9.47 Å². The van der Waals surface area contributed by atoms with E-state index in [4.69, 9.17) is 5.73 Å². The number of aryl methyl sites for hydroxylation is 2. The average molecular weight is 277 g/mol. The lowest BCUT2D eigenvalue weighted by Crippen LogP contribution is -2.42. The first-order valence-electron chi connectivity index (χ1n) is 7.19. The van der Waals surface area contributed by atoms with Gasteiger partial charge in [0.1, 0.15) is 0 Å². The molecule has 2 amide bonds. The van der Waals surface area contributed by atoms with E-state index in [9.17, 15) is 9.59 Å². The summed E-state index contributed by atoms with van der Waals surface area (Å²) in [5.74, 6) is -0.135. The minimum absolute atomic E-state index is 0.0620. The summed E-state index contributed by atoms with van der Waals surface area (Å²) < 4.78 is 2.16. The lowest BCUT2D eigenvalue weighted by atomic mass is 9.96. The van der Waals surface area contributed by atoms with E-state index < -0.39 is 0 Å². The van der Waals surface area contributed by atoms with Crippen LogP contribution in [-0.4, -0.2) is 34.4 Å². The van der Waals surface area contributed by atoms with E-state index in [2.05, 4.69) is 30.5 Å². The van der Waals surface area contributed by atoms with Crippen molar-refractivity contribution in [3.63, 3.8) is 0 Å². The maximum absolute atomic E-state index is 12.2. The van der Waals surface area contributed by atoms with Crippen LogP contribution >= 0.6 is 0 Å². The Hall–Kier alpha value is -1.78. The molecule has 0 unspecified atom stereocenters. The number of nitrogens with zero attached hydrogens (tertiary/aromatic N) is 2. The predicted molar refractivity (Wildman–Crippen MR) is 77.0 cm³/mol. The zero-order valence-corrected chi connectivity index (χ0v) is 12.3. The van der Waals surface area contributed by atoms with Gasteiger partial charge in [0.15, 0.2) is 0 Å². The van der Waals surface area contributed by atoms with Gasteiger partial charge in [-0.25, -0.2) is 0 Å². The van der Waals surface area contributed by atoms with Crippen LogP contribution in [0.2, 0.25) is 0 Å². The molecule has 0 aromatic carbocycles. The number of carbonyl (C=O) groups excluding carboxylic acids is 2.